The molecule has 0 spiro atoms. The van der Waals surface area contributed by atoms with E-state index in [1.54, 1.807) is 16.4 Å². The van der Waals surface area contributed by atoms with Gasteiger partial charge in [-0.05, 0) is 25.0 Å². The number of sulfonamides is 1. The Morgan fingerprint density at radius 2 is 1.95 bits per heavy atom. The maximum atomic E-state index is 12.5. The number of hydrogen-bond donors (Lipinski definition) is 2. The van der Waals surface area contributed by atoms with E-state index in [0.29, 0.717) is 30.4 Å². The number of nitrogens with two attached hydrogens (primary N) is 1. The third-order valence-electron chi connectivity index (χ3n) is 3.35. The maximum Gasteiger partial charge on any atom is 0.252 e. The van der Waals surface area contributed by atoms with Crippen molar-refractivity contribution in [2.75, 3.05) is 26.2 Å². The molecular weight excluding hydrogens is 346 g/mol. The average Bonchev–Trinajstić information content (AvgIpc) is 2.95. The summed E-state index contributed by atoms with van der Waals surface area (Å²) in [5.74, 6) is -0.135. The summed E-state index contributed by atoms with van der Waals surface area (Å²) < 4.78 is 26.8. The minimum absolute atomic E-state index is 0. The van der Waals surface area contributed by atoms with E-state index in [4.69, 9.17) is 5.73 Å². The van der Waals surface area contributed by atoms with E-state index >= 15 is 0 Å². The van der Waals surface area contributed by atoms with E-state index in [1.165, 1.54) is 11.3 Å². The standard InChI is InChI=1S/C13H21N3O3S2.ClH/c14-6-7-15-12(17)10-11-4-5-13(20-11)21(18,19)16-8-2-1-3-9-16;/h4-5H,1-3,6-10,14H2,(H,15,17);1H. The summed E-state index contributed by atoms with van der Waals surface area (Å²) in [6.45, 7) is 2.01. The second-order valence-electron chi connectivity index (χ2n) is 5.00. The van der Waals surface area contributed by atoms with Crippen molar-refractivity contribution < 1.29 is 13.2 Å². The van der Waals surface area contributed by atoms with Crippen molar-refractivity contribution in [1.82, 2.24) is 9.62 Å². The zero-order chi connectivity index (χ0) is 15.3. The highest BCUT2D eigenvalue weighted by Gasteiger charge is 2.27. The summed E-state index contributed by atoms with van der Waals surface area (Å²) in [6.07, 6.45) is 3.11. The number of nitrogens with one attached hydrogen (secondary N) is 1. The number of piperidine rings is 1. The molecule has 0 unspecified atom stereocenters. The number of carbonyl (C=O) groups is 1. The molecule has 0 aliphatic carbocycles. The number of thiophene rings is 1. The van der Waals surface area contributed by atoms with Crippen LogP contribution in [0.1, 0.15) is 24.1 Å². The predicted octanol–water partition coefficient (Wildman–Crippen LogP) is 0.962. The van der Waals surface area contributed by atoms with E-state index in [2.05, 4.69) is 5.32 Å². The van der Waals surface area contributed by atoms with Crippen LogP contribution in [0.4, 0.5) is 0 Å². The smallest absolute Gasteiger partial charge is 0.252 e. The minimum Gasteiger partial charge on any atom is -0.355 e. The molecule has 0 aromatic carbocycles. The number of carbonyl (C=O) groups excluding carboxylic acids is 1. The van der Waals surface area contributed by atoms with Crippen molar-refractivity contribution in [3.8, 4) is 0 Å². The Morgan fingerprint density at radius 3 is 2.59 bits per heavy atom. The molecule has 1 saturated heterocycles. The molecule has 2 heterocycles. The first-order valence-electron chi connectivity index (χ1n) is 7.09. The molecule has 0 atom stereocenters. The fraction of sp³-hybridized carbons (Fsp3) is 0.615. The molecule has 1 amide bonds. The first-order chi connectivity index (χ1) is 10.0. The second-order valence-corrected chi connectivity index (χ2v) is 8.33. The van der Waals surface area contributed by atoms with Gasteiger partial charge in [-0.1, -0.05) is 6.42 Å². The van der Waals surface area contributed by atoms with Gasteiger partial charge >= 0.3 is 0 Å². The molecule has 22 heavy (non-hydrogen) atoms. The van der Waals surface area contributed by atoms with Gasteiger partial charge in [0.25, 0.3) is 10.0 Å². The van der Waals surface area contributed by atoms with Gasteiger partial charge in [0, 0.05) is 31.1 Å². The van der Waals surface area contributed by atoms with Crippen LogP contribution in [0.2, 0.25) is 0 Å². The minimum atomic E-state index is -3.39. The third kappa shape index (κ3) is 4.92. The molecule has 2 rings (SSSR count). The van der Waals surface area contributed by atoms with Crippen LogP contribution in [-0.2, 0) is 21.2 Å². The van der Waals surface area contributed by atoms with Crippen LogP contribution in [0.15, 0.2) is 16.3 Å². The number of rotatable bonds is 6. The first kappa shape index (κ1) is 19.4. The molecule has 126 valence electrons. The van der Waals surface area contributed by atoms with Gasteiger partial charge in [-0.3, -0.25) is 4.79 Å². The van der Waals surface area contributed by atoms with Gasteiger partial charge in [-0.2, -0.15) is 4.31 Å². The maximum absolute atomic E-state index is 12.5. The molecule has 9 heteroatoms. The Labute approximate surface area is 141 Å². The lowest BCUT2D eigenvalue weighted by Gasteiger charge is -2.25. The monoisotopic (exact) mass is 367 g/mol. The number of nitrogens with zero attached hydrogens (tertiary/aromatic N) is 1. The van der Waals surface area contributed by atoms with E-state index in [9.17, 15) is 13.2 Å². The molecule has 3 N–H and O–H groups in total. The molecule has 6 nitrogen and oxygen atoms in total. The third-order valence-corrected chi connectivity index (χ3v) is 6.80. The van der Waals surface area contributed by atoms with Crippen LogP contribution in [0.5, 0.6) is 0 Å². The largest absolute Gasteiger partial charge is 0.355 e. The lowest BCUT2D eigenvalue weighted by atomic mass is 10.2. The van der Waals surface area contributed by atoms with E-state index in [-0.39, 0.29) is 24.7 Å². The topological polar surface area (TPSA) is 92.5 Å². The van der Waals surface area contributed by atoms with Gasteiger partial charge in [0.15, 0.2) is 0 Å². The first-order valence-corrected chi connectivity index (χ1v) is 9.35. The SMILES string of the molecule is Cl.NCCNC(=O)Cc1ccc(S(=O)(=O)N2CCCCC2)s1. The number of hydrogen-bond acceptors (Lipinski definition) is 5. The molecule has 1 aliphatic rings. The van der Waals surface area contributed by atoms with Crippen molar-refractivity contribution in [2.45, 2.75) is 29.9 Å². The average molecular weight is 368 g/mol. The summed E-state index contributed by atoms with van der Waals surface area (Å²) in [6, 6.07) is 3.31. The predicted molar refractivity (Wildman–Crippen MR) is 89.9 cm³/mol. The summed E-state index contributed by atoms with van der Waals surface area (Å²) >= 11 is 1.17. The van der Waals surface area contributed by atoms with Crippen molar-refractivity contribution in [3.05, 3.63) is 17.0 Å². The van der Waals surface area contributed by atoms with Crippen LogP contribution in [-0.4, -0.2) is 44.8 Å². The molecular formula is C13H22ClN3O3S2. The van der Waals surface area contributed by atoms with E-state index in [0.717, 1.165) is 24.1 Å². The van der Waals surface area contributed by atoms with E-state index < -0.39 is 10.0 Å². The van der Waals surface area contributed by atoms with E-state index in [1.807, 2.05) is 0 Å². The Morgan fingerprint density at radius 1 is 1.27 bits per heavy atom. The Bertz CT molecular complexity index is 583. The molecule has 1 aromatic rings. The molecule has 0 saturated carbocycles. The summed E-state index contributed by atoms with van der Waals surface area (Å²) in [4.78, 5) is 12.4. The lowest BCUT2D eigenvalue weighted by molar-refractivity contribution is -0.120. The molecule has 0 radical (unpaired) electrons. The highest BCUT2D eigenvalue weighted by molar-refractivity contribution is 7.91. The normalized spacial score (nSPS) is 16.0. The van der Waals surface area contributed by atoms with Gasteiger partial charge in [0.2, 0.25) is 5.91 Å². The van der Waals surface area contributed by atoms with Gasteiger partial charge in [-0.15, -0.1) is 23.7 Å². The van der Waals surface area contributed by atoms with Crippen molar-refractivity contribution in [1.29, 1.82) is 0 Å². The molecule has 0 bridgehead atoms. The van der Waals surface area contributed by atoms with Crippen LogP contribution in [0.25, 0.3) is 0 Å². The Kier molecular flexibility index (Phi) is 7.78. The number of halogens is 1. The lowest BCUT2D eigenvalue weighted by Crippen LogP contribution is -2.35. The van der Waals surface area contributed by atoms with Crippen LogP contribution in [0.3, 0.4) is 0 Å². The fourth-order valence-corrected chi connectivity index (χ4v) is 5.28. The van der Waals surface area contributed by atoms with Gasteiger partial charge in [-0.25, -0.2) is 8.42 Å². The van der Waals surface area contributed by atoms with Crippen molar-refractivity contribution in [2.24, 2.45) is 5.73 Å². The Balaban J connectivity index is 0.00000242. The zero-order valence-electron chi connectivity index (χ0n) is 12.3. The highest BCUT2D eigenvalue weighted by atomic mass is 35.5. The molecule has 1 aromatic heterocycles. The number of amides is 1. The fourth-order valence-electron chi connectivity index (χ4n) is 2.26. The van der Waals surface area contributed by atoms with Gasteiger partial charge in [0.1, 0.15) is 4.21 Å². The summed E-state index contributed by atoms with van der Waals surface area (Å²) in [7, 11) is -3.39. The Hall–Kier alpha value is -0.670. The van der Waals surface area contributed by atoms with Crippen LogP contribution in [0, 0.1) is 0 Å². The summed E-state index contributed by atoms with van der Waals surface area (Å²) in [5, 5.41) is 2.68. The second kappa shape index (κ2) is 8.83. The quantitative estimate of drug-likeness (QED) is 0.783. The van der Waals surface area contributed by atoms with Crippen LogP contribution < -0.4 is 11.1 Å². The van der Waals surface area contributed by atoms with Crippen molar-refractivity contribution in [3.63, 3.8) is 0 Å². The van der Waals surface area contributed by atoms with Crippen LogP contribution >= 0.6 is 23.7 Å². The van der Waals surface area contributed by atoms with Gasteiger partial charge in [0.05, 0.1) is 6.42 Å². The zero-order valence-corrected chi connectivity index (χ0v) is 14.7. The highest BCUT2D eigenvalue weighted by Crippen LogP contribution is 2.27. The van der Waals surface area contributed by atoms with Crippen molar-refractivity contribution >= 4 is 39.7 Å². The van der Waals surface area contributed by atoms with Gasteiger partial charge < -0.3 is 11.1 Å². The summed E-state index contributed by atoms with van der Waals surface area (Å²) in [5.41, 5.74) is 5.32. The molecule has 1 aliphatic heterocycles. The molecule has 1 fully saturated rings.